The smallest absolute Gasteiger partial charge is 0.0834 e. The molecule has 2 heterocycles. The third-order valence-corrected chi connectivity index (χ3v) is 2.98. The van der Waals surface area contributed by atoms with Gasteiger partial charge in [0.15, 0.2) is 0 Å². The molecule has 17 heavy (non-hydrogen) atoms. The maximum Gasteiger partial charge on any atom is 0.0834 e. The molecule has 0 aliphatic rings. The Balaban J connectivity index is 2.20. The van der Waals surface area contributed by atoms with E-state index < -0.39 is 0 Å². The second-order valence-corrected chi connectivity index (χ2v) is 4.27. The number of halogens is 1. The molecule has 0 spiro atoms. The van der Waals surface area contributed by atoms with Gasteiger partial charge in [-0.2, -0.15) is 5.10 Å². The highest BCUT2D eigenvalue weighted by Crippen LogP contribution is 2.23. The quantitative estimate of drug-likeness (QED) is 0.905. The summed E-state index contributed by atoms with van der Waals surface area (Å²) in [6.07, 6.45) is 5.91. The van der Waals surface area contributed by atoms with Crippen LogP contribution in [0, 0.1) is 0 Å². The van der Waals surface area contributed by atoms with Crippen molar-refractivity contribution in [3.05, 3.63) is 47.0 Å². The molecule has 0 fully saturated rings. The van der Waals surface area contributed by atoms with Crippen LogP contribution in [-0.2, 0) is 13.0 Å². The predicted octanol–water partition coefficient (Wildman–Crippen LogP) is 2.19. The summed E-state index contributed by atoms with van der Waals surface area (Å²) < 4.78 is 1.84. The van der Waals surface area contributed by atoms with Crippen molar-refractivity contribution in [1.29, 1.82) is 0 Å². The van der Waals surface area contributed by atoms with Crippen LogP contribution < -0.4 is 5.73 Å². The van der Waals surface area contributed by atoms with E-state index in [-0.39, 0.29) is 6.04 Å². The Hall–Kier alpha value is -1.39. The Labute approximate surface area is 105 Å². The van der Waals surface area contributed by atoms with Crippen molar-refractivity contribution in [3.63, 3.8) is 0 Å². The number of hydrogen-bond acceptors (Lipinski definition) is 3. The van der Waals surface area contributed by atoms with E-state index >= 15 is 0 Å². The van der Waals surface area contributed by atoms with Crippen LogP contribution in [0.4, 0.5) is 0 Å². The summed E-state index contributed by atoms with van der Waals surface area (Å²) in [5.74, 6) is 0. The molecule has 2 aromatic rings. The van der Waals surface area contributed by atoms with Crippen molar-refractivity contribution in [2.24, 2.45) is 5.73 Å². The molecule has 0 bridgehead atoms. The molecule has 0 aromatic carbocycles. The fraction of sp³-hybridized carbons (Fsp3) is 0.333. The van der Waals surface area contributed by atoms with E-state index in [4.69, 9.17) is 17.3 Å². The Bertz CT molecular complexity index is 481. The molecule has 4 nitrogen and oxygen atoms in total. The topological polar surface area (TPSA) is 56.7 Å². The zero-order valence-electron chi connectivity index (χ0n) is 9.68. The van der Waals surface area contributed by atoms with Gasteiger partial charge in [-0.15, -0.1) is 0 Å². The van der Waals surface area contributed by atoms with E-state index in [2.05, 4.69) is 10.1 Å². The largest absolute Gasteiger partial charge is 0.322 e. The monoisotopic (exact) mass is 250 g/mol. The highest BCUT2D eigenvalue weighted by atomic mass is 35.5. The van der Waals surface area contributed by atoms with Crippen molar-refractivity contribution in [2.45, 2.75) is 25.9 Å². The van der Waals surface area contributed by atoms with Crippen molar-refractivity contribution < 1.29 is 0 Å². The van der Waals surface area contributed by atoms with Crippen LogP contribution >= 0.6 is 11.6 Å². The van der Waals surface area contributed by atoms with E-state index in [0.29, 0.717) is 5.02 Å². The third kappa shape index (κ3) is 2.65. The van der Waals surface area contributed by atoms with E-state index in [9.17, 15) is 0 Å². The summed E-state index contributed by atoms with van der Waals surface area (Å²) in [5.41, 5.74) is 8.22. The van der Waals surface area contributed by atoms with Gasteiger partial charge in [0.1, 0.15) is 0 Å². The van der Waals surface area contributed by atoms with Crippen LogP contribution in [0.5, 0.6) is 0 Å². The molecule has 2 rings (SSSR count). The molecule has 90 valence electrons. The first kappa shape index (κ1) is 12.1. The summed E-state index contributed by atoms with van der Waals surface area (Å²) in [5, 5.41) is 4.82. The normalized spacial score (nSPS) is 12.6. The third-order valence-electron chi connectivity index (χ3n) is 2.69. The van der Waals surface area contributed by atoms with Crippen LogP contribution in [0.25, 0.3) is 0 Å². The lowest BCUT2D eigenvalue weighted by Crippen LogP contribution is -2.18. The molecular weight excluding hydrogens is 236 g/mol. The van der Waals surface area contributed by atoms with Gasteiger partial charge >= 0.3 is 0 Å². The second kappa shape index (κ2) is 5.29. The molecule has 0 saturated heterocycles. The Morgan fingerprint density at radius 1 is 1.41 bits per heavy atom. The van der Waals surface area contributed by atoms with E-state index in [1.807, 2.05) is 23.7 Å². The SMILES string of the molecule is CCn1ncc(Cl)c1C(N)Cc1ccncc1. The summed E-state index contributed by atoms with van der Waals surface area (Å²) in [4.78, 5) is 3.98. The Kier molecular flexibility index (Phi) is 3.76. The van der Waals surface area contributed by atoms with Crippen molar-refractivity contribution in [2.75, 3.05) is 0 Å². The predicted molar refractivity (Wildman–Crippen MR) is 67.8 cm³/mol. The van der Waals surface area contributed by atoms with Crippen LogP contribution in [0.1, 0.15) is 24.2 Å². The number of nitrogens with two attached hydrogens (primary N) is 1. The lowest BCUT2D eigenvalue weighted by atomic mass is 10.1. The van der Waals surface area contributed by atoms with Crippen LogP contribution in [0.15, 0.2) is 30.7 Å². The molecule has 0 saturated carbocycles. The van der Waals surface area contributed by atoms with E-state index in [1.165, 1.54) is 0 Å². The van der Waals surface area contributed by atoms with Gasteiger partial charge in [0.05, 0.1) is 23.0 Å². The molecule has 0 amide bonds. The minimum Gasteiger partial charge on any atom is -0.322 e. The summed E-state index contributed by atoms with van der Waals surface area (Å²) in [6.45, 7) is 2.79. The lowest BCUT2D eigenvalue weighted by molar-refractivity contribution is 0.568. The number of nitrogens with zero attached hydrogens (tertiary/aromatic N) is 3. The van der Waals surface area contributed by atoms with Gasteiger partial charge in [-0.3, -0.25) is 9.67 Å². The fourth-order valence-electron chi connectivity index (χ4n) is 1.86. The number of aryl methyl sites for hydroxylation is 1. The fourth-order valence-corrected chi connectivity index (χ4v) is 2.14. The van der Waals surface area contributed by atoms with Crippen LogP contribution in [-0.4, -0.2) is 14.8 Å². The van der Waals surface area contributed by atoms with Crippen LogP contribution in [0.3, 0.4) is 0 Å². The Morgan fingerprint density at radius 3 is 2.76 bits per heavy atom. The van der Waals surface area contributed by atoms with Gasteiger partial charge in [0.25, 0.3) is 0 Å². The van der Waals surface area contributed by atoms with E-state index in [0.717, 1.165) is 24.2 Å². The van der Waals surface area contributed by atoms with E-state index in [1.54, 1.807) is 18.6 Å². The molecular formula is C12H15ClN4. The maximum absolute atomic E-state index is 6.18. The van der Waals surface area contributed by atoms with Gasteiger partial charge in [-0.25, -0.2) is 0 Å². The molecule has 0 aliphatic heterocycles. The van der Waals surface area contributed by atoms with Crippen LogP contribution in [0.2, 0.25) is 5.02 Å². The maximum atomic E-state index is 6.18. The second-order valence-electron chi connectivity index (χ2n) is 3.86. The highest BCUT2D eigenvalue weighted by Gasteiger charge is 2.16. The zero-order valence-corrected chi connectivity index (χ0v) is 10.4. The number of aromatic nitrogens is 3. The van der Waals surface area contributed by atoms with Gasteiger partial charge in [0.2, 0.25) is 0 Å². The van der Waals surface area contributed by atoms with Crippen molar-refractivity contribution >= 4 is 11.6 Å². The summed E-state index contributed by atoms with van der Waals surface area (Å²) >= 11 is 6.11. The first-order chi connectivity index (χ1) is 8.22. The van der Waals surface area contributed by atoms with Gasteiger partial charge < -0.3 is 5.73 Å². The minimum atomic E-state index is -0.146. The molecule has 5 heteroatoms. The highest BCUT2D eigenvalue weighted by molar-refractivity contribution is 6.31. The van der Waals surface area contributed by atoms with Gasteiger partial charge in [0, 0.05) is 18.9 Å². The molecule has 1 unspecified atom stereocenters. The van der Waals surface area contributed by atoms with Crippen molar-refractivity contribution in [1.82, 2.24) is 14.8 Å². The average molecular weight is 251 g/mol. The van der Waals surface area contributed by atoms with Crippen molar-refractivity contribution in [3.8, 4) is 0 Å². The first-order valence-electron chi connectivity index (χ1n) is 5.58. The summed E-state index contributed by atoms with van der Waals surface area (Å²) in [7, 11) is 0. The zero-order chi connectivity index (χ0) is 12.3. The van der Waals surface area contributed by atoms with Gasteiger partial charge in [-0.05, 0) is 31.0 Å². The minimum absolute atomic E-state index is 0.146. The molecule has 0 radical (unpaired) electrons. The Morgan fingerprint density at radius 2 is 2.12 bits per heavy atom. The number of pyridine rings is 1. The molecule has 2 aromatic heterocycles. The standard InChI is InChI=1S/C12H15ClN4/c1-2-17-12(10(13)8-16-17)11(14)7-9-3-5-15-6-4-9/h3-6,8,11H,2,7,14H2,1H3. The number of rotatable bonds is 4. The van der Waals surface area contributed by atoms with Gasteiger partial charge in [-0.1, -0.05) is 11.6 Å². The number of hydrogen-bond donors (Lipinski definition) is 1. The summed E-state index contributed by atoms with van der Waals surface area (Å²) in [6, 6.07) is 3.77. The molecule has 1 atom stereocenters. The lowest BCUT2D eigenvalue weighted by Gasteiger charge is -2.14. The first-order valence-corrected chi connectivity index (χ1v) is 5.95. The molecule has 2 N–H and O–H groups in total. The molecule has 0 aliphatic carbocycles. The average Bonchev–Trinajstić information content (AvgIpc) is 2.71.